The van der Waals surface area contributed by atoms with Crippen LogP contribution in [0.3, 0.4) is 0 Å². The highest BCUT2D eigenvalue weighted by Gasteiger charge is 2.31. The van der Waals surface area contributed by atoms with Gasteiger partial charge in [0, 0.05) is 43.7 Å². The Bertz CT molecular complexity index is 643. The number of fused-ring (bicyclic) bond motifs is 3. The first-order chi connectivity index (χ1) is 11.3. The zero-order chi connectivity index (χ0) is 15.6. The maximum absolute atomic E-state index is 5.81. The number of ether oxygens (including phenoxy) is 1. The van der Waals surface area contributed by atoms with Gasteiger partial charge < -0.3 is 4.74 Å². The fourth-order valence-corrected chi connectivity index (χ4v) is 3.68. The Balaban J connectivity index is 1.54. The standard InChI is InChI=1S/C17H23N5O/c1-21-7-13-8-22(9-15(21)12-23-11-13)10-16-17(19-20-18-16)14-5-3-2-4-6-14/h2-6,13,15H,7-12H2,1H3,(H,18,19,20)/t13-,15+/m1/s1. The van der Waals surface area contributed by atoms with Crippen molar-refractivity contribution in [3.05, 3.63) is 36.0 Å². The first kappa shape index (κ1) is 14.8. The van der Waals surface area contributed by atoms with E-state index in [1.165, 1.54) is 0 Å². The Labute approximate surface area is 136 Å². The molecule has 1 aromatic carbocycles. The van der Waals surface area contributed by atoms with Crippen LogP contribution < -0.4 is 0 Å². The first-order valence-corrected chi connectivity index (χ1v) is 8.25. The van der Waals surface area contributed by atoms with Crippen molar-refractivity contribution in [3.8, 4) is 11.3 Å². The molecular formula is C17H23N5O. The van der Waals surface area contributed by atoms with Crippen LogP contribution in [0.4, 0.5) is 0 Å². The molecule has 2 aliphatic rings. The molecule has 2 bridgehead atoms. The van der Waals surface area contributed by atoms with E-state index in [9.17, 15) is 0 Å². The largest absolute Gasteiger partial charge is 0.379 e. The summed E-state index contributed by atoms with van der Waals surface area (Å²) >= 11 is 0. The van der Waals surface area contributed by atoms with E-state index in [2.05, 4.69) is 44.4 Å². The van der Waals surface area contributed by atoms with Crippen molar-refractivity contribution in [2.75, 3.05) is 39.9 Å². The predicted octanol–water partition coefficient (Wildman–Crippen LogP) is 1.23. The Morgan fingerprint density at radius 3 is 2.87 bits per heavy atom. The molecule has 4 rings (SSSR count). The van der Waals surface area contributed by atoms with Crippen LogP contribution in [0.1, 0.15) is 5.69 Å². The average Bonchev–Trinajstić information content (AvgIpc) is 2.86. The molecule has 2 aliphatic heterocycles. The molecular weight excluding hydrogens is 290 g/mol. The van der Waals surface area contributed by atoms with Crippen molar-refractivity contribution in [2.45, 2.75) is 12.6 Å². The molecule has 1 aromatic heterocycles. The summed E-state index contributed by atoms with van der Waals surface area (Å²) in [6.07, 6.45) is 0. The number of aromatic amines is 1. The highest BCUT2D eigenvalue weighted by Crippen LogP contribution is 2.23. The van der Waals surface area contributed by atoms with Crippen LogP contribution in [-0.4, -0.2) is 71.1 Å². The summed E-state index contributed by atoms with van der Waals surface area (Å²) in [7, 11) is 2.21. The van der Waals surface area contributed by atoms with Crippen LogP contribution in [0.2, 0.25) is 0 Å². The predicted molar refractivity (Wildman–Crippen MR) is 87.8 cm³/mol. The summed E-state index contributed by atoms with van der Waals surface area (Å²) in [5.74, 6) is 0.569. The van der Waals surface area contributed by atoms with Gasteiger partial charge in [0.25, 0.3) is 0 Å². The van der Waals surface area contributed by atoms with Crippen molar-refractivity contribution in [1.29, 1.82) is 0 Å². The van der Waals surface area contributed by atoms with E-state index in [-0.39, 0.29) is 0 Å². The van der Waals surface area contributed by atoms with E-state index < -0.39 is 0 Å². The minimum Gasteiger partial charge on any atom is -0.379 e. The van der Waals surface area contributed by atoms with E-state index in [4.69, 9.17) is 4.74 Å². The van der Waals surface area contributed by atoms with Crippen LogP contribution in [0.25, 0.3) is 11.3 Å². The van der Waals surface area contributed by atoms with E-state index in [1.54, 1.807) is 0 Å². The minimum atomic E-state index is 0.467. The van der Waals surface area contributed by atoms with Gasteiger partial charge in [0.2, 0.25) is 0 Å². The van der Waals surface area contributed by atoms with Crippen molar-refractivity contribution in [2.24, 2.45) is 5.92 Å². The summed E-state index contributed by atoms with van der Waals surface area (Å²) in [5, 5.41) is 11.6. The van der Waals surface area contributed by atoms with Gasteiger partial charge in [-0.05, 0) is 7.05 Å². The lowest BCUT2D eigenvalue weighted by atomic mass is 10.1. The highest BCUT2D eigenvalue weighted by atomic mass is 16.5. The molecule has 0 amide bonds. The van der Waals surface area contributed by atoms with Crippen LogP contribution in [0, 0.1) is 5.92 Å². The SMILES string of the molecule is CN1C[C@H]2COC[C@@H]1CN(Cc1n[nH]nc1-c1ccccc1)C2. The third-order valence-electron chi connectivity index (χ3n) is 4.86. The second-order valence-electron chi connectivity index (χ2n) is 6.68. The number of rotatable bonds is 3. The summed E-state index contributed by atoms with van der Waals surface area (Å²) in [4.78, 5) is 4.95. The van der Waals surface area contributed by atoms with Gasteiger partial charge in [-0.2, -0.15) is 15.4 Å². The van der Waals surface area contributed by atoms with Gasteiger partial charge >= 0.3 is 0 Å². The molecule has 6 nitrogen and oxygen atoms in total. The lowest BCUT2D eigenvalue weighted by Gasteiger charge is -2.29. The highest BCUT2D eigenvalue weighted by molar-refractivity contribution is 5.60. The fourth-order valence-electron chi connectivity index (χ4n) is 3.68. The van der Waals surface area contributed by atoms with Crippen molar-refractivity contribution >= 4 is 0 Å². The number of hydrogen-bond acceptors (Lipinski definition) is 5. The fraction of sp³-hybridized carbons (Fsp3) is 0.529. The molecule has 6 heteroatoms. The normalized spacial score (nSPS) is 26.1. The molecule has 0 saturated carbocycles. The Morgan fingerprint density at radius 2 is 2.00 bits per heavy atom. The van der Waals surface area contributed by atoms with Gasteiger partial charge in [-0.3, -0.25) is 9.80 Å². The summed E-state index contributed by atoms with van der Waals surface area (Å²) < 4.78 is 5.81. The second kappa shape index (κ2) is 6.39. The maximum Gasteiger partial charge on any atom is 0.117 e. The number of nitrogens with one attached hydrogen (secondary N) is 1. The molecule has 23 heavy (non-hydrogen) atoms. The van der Waals surface area contributed by atoms with E-state index >= 15 is 0 Å². The summed E-state index contributed by atoms with van der Waals surface area (Å²) in [5.41, 5.74) is 3.11. The molecule has 0 aliphatic carbocycles. The topological polar surface area (TPSA) is 57.3 Å². The van der Waals surface area contributed by atoms with Crippen LogP contribution in [-0.2, 0) is 11.3 Å². The Morgan fingerprint density at radius 1 is 1.13 bits per heavy atom. The number of likely N-dealkylation sites (N-methyl/N-ethyl adjacent to an activating group) is 1. The third kappa shape index (κ3) is 3.15. The first-order valence-electron chi connectivity index (χ1n) is 8.25. The molecule has 122 valence electrons. The molecule has 0 radical (unpaired) electrons. The van der Waals surface area contributed by atoms with Crippen LogP contribution in [0.15, 0.2) is 30.3 Å². The Hall–Kier alpha value is -1.76. The number of nitrogens with zero attached hydrogens (tertiary/aromatic N) is 4. The average molecular weight is 313 g/mol. The van der Waals surface area contributed by atoms with Gasteiger partial charge in [-0.25, -0.2) is 0 Å². The van der Waals surface area contributed by atoms with E-state index in [0.717, 1.165) is 56.3 Å². The minimum absolute atomic E-state index is 0.467. The van der Waals surface area contributed by atoms with Crippen LogP contribution >= 0.6 is 0 Å². The molecule has 3 heterocycles. The zero-order valence-electron chi connectivity index (χ0n) is 13.5. The van der Waals surface area contributed by atoms with Gasteiger partial charge in [0.15, 0.2) is 0 Å². The van der Waals surface area contributed by atoms with Crippen molar-refractivity contribution < 1.29 is 4.74 Å². The zero-order valence-corrected chi connectivity index (χ0v) is 13.5. The molecule has 0 unspecified atom stereocenters. The maximum atomic E-state index is 5.81. The molecule has 2 fully saturated rings. The molecule has 0 spiro atoms. The summed E-state index contributed by atoms with van der Waals surface area (Å²) in [6.45, 7) is 5.72. The lowest BCUT2D eigenvalue weighted by Crippen LogP contribution is -2.42. The number of aromatic nitrogens is 3. The van der Waals surface area contributed by atoms with Gasteiger partial charge in [0.05, 0.1) is 13.2 Å². The lowest BCUT2D eigenvalue weighted by molar-refractivity contribution is 0.0513. The number of hydrogen-bond donors (Lipinski definition) is 1. The van der Waals surface area contributed by atoms with Gasteiger partial charge in [0.1, 0.15) is 11.4 Å². The van der Waals surface area contributed by atoms with E-state index in [0.29, 0.717) is 12.0 Å². The summed E-state index contributed by atoms with van der Waals surface area (Å²) in [6, 6.07) is 10.7. The molecule has 2 aromatic rings. The smallest absolute Gasteiger partial charge is 0.117 e. The van der Waals surface area contributed by atoms with Crippen molar-refractivity contribution in [1.82, 2.24) is 25.2 Å². The monoisotopic (exact) mass is 313 g/mol. The Kier molecular flexibility index (Phi) is 4.11. The second-order valence-corrected chi connectivity index (χ2v) is 6.68. The molecule has 2 saturated heterocycles. The third-order valence-corrected chi connectivity index (χ3v) is 4.86. The number of benzene rings is 1. The van der Waals surface area contributed by atoms with Gasteiger partial charge in [-0.15, -0.1) is 0 Å². The van der Waals surface area contributed by atoms with Crippen LogP contribution in [0.5, 0.6) is 0 Å². The molecule has 2 atom stereocenters. The van der Waals surface area contributed by atoms with E-state index in [1.807, 2.05) is 18.2 Å². The molecule has 1 N–H and O–H groups in total. The van der Waals surface area contributed by atoms with Gasteiger partial charge in [-0.1, -0.05) is 30.3 Å². The number of H-pyrrole nitrogens is 1. The van der Waals surface area contributed by atoms with Crippen molar-refractivity contribution in [3.63, 3.8) is 0 Å². The quantitative estimate of drug-likeness (QED) is 0.924.